The highest BCUT2D eigenvalue weighted by molar-refractivity contribution is 5.94. The molecule has 1 aromatic rings. The first-order valence-corrected chi connectivity index (χ1v) is 7.16. The monoisotopic (exact) mass is 301 g/mol. The van der Waals surface area contributed by atoms with Crippen molar-refractivity contribution in [1.29, 1.82) is 0 Å². The topological polar surface area (TPSA) is 71.5 Å². The van der Waals surface area contributed by atoms with Crippen LogP contribution in [0.2, 0.25) is 0 Å². The van der Waals surface area contributed by atoms with Gasteiger partial charge < -0.3 is 15.0 Å². The summed E-state index contributed by atoms with van der Waals surface area (Å²) in [7, 11) is 1.41. The molecule has 2 heterocycles. The van der Waals surface area contributed by atoms with E-state index in [9.17, 15) is 9.59 Å². The van der Waals surface area contributed by atoms with E-state index in [0.717, 1.165) is 25.2 Å². The molecule has 0 saturated carbocycles. The van der Waals surface area contributed by atoms with Crippen molar-refractivity contribution in [3.63, 3.8) is 0 Å². The van der Waals surface area contributed by atoms with Crippen molar-refractivity contribution in [2.75, 3.05) is 31.6 Å². The number of rotatable bonds is 4. The van der Waals surface area contributed by atoms with Gasteiger partial charge >= 0.3 is 5.97 Å². The second kappa shape index (κ2) is 7.46. The first kappa shape index (κ1) is 15.8. The normalized spacial score (nSPS) is 17.5. The Labute approximate surface area is 129 Å². The molecule has 1 saturated heterocycles. The molecule has 0 aromatic carbocycles. The number of hydrogen-bond acceptors (Lipinski definition) is 5. The van der Waals surface area contributed by atoms with Gasteiger partial charge in [0, 0.05) is 19.3 Å². The van der Waals surface area contributed by atoms with Gasteiger partial charge in [-0.05, 0) is 25.0 Å². The zero-order valence-electron chi connectivity index (χ0n) is 12.5. The number of nitrogens with one attached hydrogen (secondary N) is 1. The molecule has 1 aliphatic rings. The Morgan fingerprint density at radius 1 is 1.55 bits per heavy atom. The molecule has 1 N–H and O–H groups in total. The number of piperidine rings is 1. The fraction of sp³-hybridized carbons (Fsp3) is 0.438. The van der Waals surface area contributed by atoms with E-state index in [1.54, 1.807) is 12.1 Å². The highest BCUT2D eigenvalue weighted by atomic mass is 16.5. The van der Waals surface area contributed by atoms with Crippen LogP contribution in [0.25, 0.3) is 0 Å². The summed E-state index contributed by atoms with van der Waals surface area (Å²) in [5.74, 6) is 2.54. The number of carbonyl (C=O) groups is 2. The number of terminal acetylenes is 1. The van der Waals surface area contributed by atoms with E-state index in [0.29, 0.717) is 12.1 Å². The highest BCUT2D eigenvalue weighted by Crippen LogP contribution is 2.22. The molecule has 1 aromatic heterocycles. The van der Waals surface area contributed by atoms with Crippen LogP contribution in [0.15, 0.2) is 18.3 Å². The Hall–Kier alpha value is -2.55. The summed E-state index contributed by atoms with van der Waals surface area (Å²) in [5, 5.41) is 2.59. The van der Waals surface area contributed by atoms with E-state index < -0.39 is 0 Å². The van der Waals surface area contributed by atoms with E-state index >= 15 is 0 Å². The van der Waals surface area contributed by atoms with E-state index in [1.165, 1.54) is 13.3 Å². The number of pyridine rings is 1. The molecule has 1 aliphatic heterocycles. The molecule has 1 atom stereocenters. The van der Waals surface area contributed by atoms with E-state index in [-0.39, 0.29) is 24.3 Å². The molecule has 0 aliphatic carbocycles. The molecule has 116 valence electrons. The first-order valence-electron chi connectivity index (χ1n) is 7.16. The third kappa shape index (κ3) is 3.76. The summed E-state index contributed by atoms with van der Waals surface area (Å²) in [6.45, 7) is 1.61. The van der Waals surface area contributed by atoms with Gasteiger partial charge in [-0.3, -0.25) is 9.59 Å². The Morgan fingerprint density at radius 2 is 2.36 bits per heavy atom. The third-order valence-electron chi connectivity index (χ3n) is 3.64. The zero-order chi connectivity index (χ0) is 15.9. The quantitative estimate of drug-likeness (QED) is 0.659. The molecule has 0 radical (unpaired) electrons. The highest BCUT2D eigenvalue weighted by Gasteiger charge is 2.27. The molecule has 2 rings (SSSR count). The van der Waals surface area contributed by atoms with Crippen LogP contribution in [-0.2, 0) is 9.53 Å². The van der Waals surface area contributed by atoms with Crippen molar-refractivity contribution in [2.24, 2.45) is 5.92 Å². The Bertz CT molecular complexity index is 577. The summed E-state index contributed by atoms with van der Waals surface area (Å²) in [5.41, 5.74) is 0.459. The second-order valence-electron chi connectivity index (χ2n) is 5.10. The standard InChI is InChI=1S/C16H19N3O3/c1-3-8-17-15(20)12-6-7-14(18-10-12)19-9-4-5-13(11-19)16(21)22-2/h1,6-7,10,13H,4-5,8-9,11H2,2H3,(H,17,20)/t13-/m0/s1. The van der Waals surface area contributed by atoms with Crippen molar-refractivity contribution in [3.8, 4) is 12.3 Å². The van der Waals surface area contributed by atoms with Crippen LogP contribution in [0.1, 0.15) is 23.2 Å². The Morgan fingerprint density at radius 3 is 3.00 bits per heavy atom. The van der Waals surface area contributed by atoms with Crippen LogP contribution < -0.4 is 10.2 Å². The summed E-state index contributed by atoms with van der Waals surface area (Å²) >= 11 is 0. The number of esters is 1. The lowest BCUT2D eigenvalue weighted by Crippen LogP contribution is -2.39. The number of methoxy groups -OCH3 is 1. The molecule has 6 nitrogen and oxygen atoms in total. The van der Waals surface area contributed by atoms with Gasteiger partial charge in [-0.15, -0.1) is 6.42 Å². The van der Waals surface area contributed by atoms with E-state index in [1.807, 2.05) is 4.90 Å². The lowest BCUT2D eigenvalue weighted by Gasteiger charge is -2.32. The number of hydrogen-bond donors (Lipinski definition) is 1. The van der Waals surface area contributed by atoms with Crippen LogP contribution in [0, 0.1) is 18.3 Å². The van der Waals surface area contributed by atoms with Gasteiger partial charge in [0.2, 0.25) is 0 Å². The fourth-order valence-corrected chi connectivity index (χ4v) is 2.49. The van der Waals surface area contributed by atoms with Crippen LogP contribution in [0.3, 0.4) is 0 Å². The van der Waals surface area contributed by atoms with Crippen molar-refractivity contribution in [3.05, 3.63) is 23.9 Å². The molecular formula is C16H19N3O3. The molecule has 6 heteroatoms. The molecular weight excluding hydrogens is 282 g/mol. The molecule has 1 amide bonds. The molecule has 1 fully saturated rings. The maximum absolute atomic E-state index is 11.7. The minimum Gasteiger partial charge on any atom is -0.469 e. The zero-order valence-corrected chi connectivity index (χ0v) is 12.5. The lowest BCUT2D eigenvalue weighted by molar-refractivity contribution is -0.145. The predicted octanol–water partition coefficient (Wildman–Crippen LogP) is 0.834. The lowest BCUT2D eigenvalue weighted by atomic mass is 9.98. The van der Waals surface area contributed by atoms with E-state index in [4.69, 9.17) is 11.2 Å². The minimum atomic E-state index is -0.247. The average Bonchev–Trinajstić information content (AvgIpc) is 2.59. The molecule has 0 bridgehead atoms. The van der Waals surface area contributed by atoms with Crippen LogP contribution in [-0.4, -0.2) is 43.6 Å². The Balaban J connectivity index is 2.02. The number of nitrogens with zero attached hydrogens (tertiary/aromatic N) is 2. The largest absolute Gasteiger partial charge is 0.469 e. The van der Waals surface area contributed by atoms with Crippen molar-refractivity contribution in [1.82, 2.24) is 10.3 Å². The minimum absolute atomic E-state index is 0.126. The number of ether oxygens (including phenoxy) is 1. The van der Waals surface area contributed by atoms with Gasteiger partial charge in [-0.25, -0.2) is 4.98 Å². The summed E-state index contributed by atoms with van der Waals surface area (Å²) in [6.07, 6.45) is 8.36. The summed E-state index contributed by atoms with van der Waals surface area (Å²) < 4.78 is 4.81. The average molecular weight is 301 g/mol. The van der Waals surface area contributed by atoms with Crippen molar-refractivity contribution < 1.29 is 14.3 Å². The first-order chi connectivity index (χ1) is 10.7. The van der Waals surface area contributed by atoms with Crippen LogP contribution in [0.4, 0.5) is 5.82 Å². The smallest absolute Gasteiger partial charge is 0.310 e. The fourth-order valence-electron chi connectivity index (χ4n) is 2.49. The van der Waals surface area contributed by atoms with Crippen LogP contribution in [0.5, 0.6) is 0 Å². The maximum atomic E-state index is 11.7. The van der Waals surface area contributed by atoms with Gasteiger partial charge in [-0.2, -0.15) is 0 Å². The molecule has 0 spiro atoms. The van der Waals surface area contributed by atoms with Gasteiger partial charge in [0.05, 0.1) is 25.1 Å². The summed E-state index contributed by atoms with van der Waals surface area (Å²) in [4.78, 5) is 29.7. The SMILES string of the molecule is C#CCNC(=O)c1ccc(N2CCC[C@H](C(=O)OC)C2)nc1. The molecule has 22 heavy (non-hydrogen) atoms. The molecule has 0 unspecified atom stereocenters. The van der Waals surface area contributed by atoms with Gasteiger partial charge in [0.1, 0.15) is 5.82 Å². The predicted molar refractivity (Wildman–Crippen MR) is 82.4 cm³/mol. The van der Waals surface area contributed by atoms with Crippen molar-refractivity contribution in [2.45, 2.75) is 12.8 Å². The Kier molecular flexibility index (Phi) is 5.37. The number of carbonyl (C=O) groups excluding carboxylic acids is 2. The third-order valence-corrected chi connectivity index (χ3v) is 3.64. The maximum Gasteiger partial charge on any atom is 0.310 e. The number of aromatic nitrogens is 1. The van der Waals surface area contributed by atoms with Gasteiger partial charge in [0.15, 0.2) is 0 Å². The van der Waals surface area contributed by atoms with Gasteiger partial charge in [-0.1, -0.05) is 5.92 Å². The van der Waals surface area contributed by atoms with Gasteiger partial charge in [0.25, 0.3) is 5.91 Å². The number of amides is 1. The van der Waals surface area contributed by atoms with Crippen LogP contribution >= 0.6 is 0 Å². The second-order valence-corrected chi connectivity index (χ2v) is 5.10. The number of anilines is 1. The summed E-state index contributed by atoms with van der Waals surface area (Å²) in [6, 6.07) is 3.49. The van der Waals surface area contributed by atoms with Crippen molar-refractivity contribution >= 4 is 17.7 Å². The van der Waals surface area contributed by atoms with E-state index in [2.05, 4.69) is 16.2 Å².